The summed E-state index contributed by atoms with van der Waals surface area (Å²) < 4.78 is 6.34. The minimum absolute atomic E-state index is 0.0442. The molecule has 9 atom stereocenters. The van der Waals surface area contributed by atoms with Crippen LogP contribution < -0.4 is 0 Å². The van der Waals surface area contributed by atoms with Gasteiger partial charge in [0.25, 0.3) is 0 Å². The first kappa shape index (κ1) is 21.7. The van der Waals surface area contributed by atoms with Crippen molar-refractivity contribution >= 4 is 0 Å². The van der Waals surface area contributed by atoms with Gasteiger partial charge >= 0.3 is 0 Å². The topological polar surface area (TPSA) is 69.9 Å². The van der Waals surface area contributed by atoms with E-state index < -0.39 is 11.7 Å². The lowest BCUT2D eigenvalue weighted by Crippen LogP contribution is -2.56. The van der Waals surface area contributed by atoms with Gasteiger partial charge in [-0.3, -0.25) is 0 Å². The molecule has 2 spiro atoms. The molecule has 3 N–H and O–H groups in total. The molecule has 0 aromatic carbocycles. The van der Waals surface area contributed by atoms with Crippen molar-refractivity contribution in [1.29, 1.82) is 0 Å². The van der Waals surface area contributed by atoms with Crippen molar-refractivity contribution in [3.63, 3.8) is 0 Å². The maximum atomic E-state index is 11.4. The summed E-state index contributed by atoms with van der Waals surface area (Å²) in [5.41, 5.74) is 1.95. The Morgan fingerprint density at radius 2 is 1.81 bits per heavy atom. The zero-order valence-corrected chi connectivity index (χ0v) is 20.4. The van der Waals surface area contributed by atoms with Gasteiger partial charge in [-0.1, -0.05) is 26.0 Å². The smallest absolute Gasteiger partial charge is 0.127 e. The monoisotopic (exact) mass is 442 g/mol. The lowest BCUT2D eigenvalue weighted by atomic mass is 9.44. The van der Waals surface area contributed by atoms with Gasteiger partial charge in [-0.25, -0.2) is 0 Å². The largest absolute Gasteiger partial charge is 0.492 e. The minimum Gasteiger partial charge on any atom is -0.492 e. The fourth-order valence-corrected chi connectivity index (χ4v) is 10.3. The summed E-state index contributed by atoms with van der Waals surface area (Å²) >= 11 is 0. The van der Waals surface area contributed by atoms with E-state index in [2.05, 4.69) is 20.4 Å². The van der Waals surface area contributed by atoms with Crippen LogP contribution in [-0.4, -0.2) is 39.2 Å². The predicted octanol–water partition coefficient (Wildman–Crippen LogP) is 4.88. The van der Waals surface area contributed by atoms with Crippen molar-refractivity contribution in [2.45, 2.75) is 116 Å². The Labute approximate surface area is 193 Å². The SMILES string of the molecule is C=C1CCC[C@]23CC24CC[C@]2(C)/C(=C5\CC[C@@H](C(C)(C)O)O5)[C@@H](O)C[C@@]2(C)C4C[C@H](O)[C@@H]13. The molecule has 6 fully saturated rings. The van der Waals surface area contributed by atoms with Crippen LogP contribution in [0.4, 0.5) is 0 Å². The molecule has 5 aliphatic carbocycles. The zero-order valence-electron chi connectivity index (χ0n) is 20.4. The first-order chi connectivity index (χ1) is 14.9. The highest BCUT2D eigenvalue weighted by atomic mass is 16.5. The van der Waals surface area contributed by atoms with Crippen LogP contribution in [-0.2, 0) is 4.74 Å². The summed E-state index contributed by atoms with van der Waals surface area (Å²) in [6, 6.07) is 0. The number of aliphatic hydroxyl groups is 3. The Balaban J connectivity index is 1.40. The quantitative estimate of drug-likeness (QED) is 0.507. The average molecular weight is 443 g/mol. The van der Waals surface area contributed by atoms with E-state index in [0.29, 0.717) is 11.3 Å². The summed E-state index contributed by atoms with van der Waals surface area (Å²) in [6.45, 7) is 12.8. The Morgan fingerprint density at radius 1 is 1.06 bits per heavy atom. The number of hydrogen-bond acceptors (Lipinski definition) is 4. The molecule has 2 unspecified atom stereocenters. The maximum Gasteiger partial charge on any atom is 0.127 e. The lowest BCUT2D eigenvalue weighted by Gasteiger charge is -2.61. The molecule has 1 aliphatic heterocycles. The molecule has 0 aromatic rings. The fourth-order valence-electron chi connectivity index (χ4n) is 10.3. The van der Waals surface area contributed by atoms with Crippen LogP contribution in [0.5, 0.6) is 0 Å². The van der Waals surface area contributed by atoms with Crippen molar-refractivity contribution in [3.05, 3.63) is 23.5 Å². The van der Waals surface area contributed by atoms with Crippen molar-refractivity contribution in [3.8, 4) is 0 Å². The summed E-state index contributed by atoms with van der Waals surface area (Å²) in [5, 5.41) is 33.3. The number of hydrogen-bond donors (Lipinski definition) is 3. The van der Waals surface area contributed by atoms with Crippen LogP contribution in [0.1, 0.15) is 91.9 Å². The number of allylic oxidation sites excluding steroid dienone is 1. The van der Waals surface area contributed by atoms with Gasteiger partial charge in [0.1, 0.15) is 6.10 Å². The number of aliphatic hydroxyl groups excluding tert-OH is 2. The lowest BCUT2D eigenvalue weighted by molar-refractivity contribution is -0.130. The molecule has 4 heteroatoms. The molecular formula is C28H42O4. The number of rotatable bonds is 1. The second kappa shape index (κ2) is 6.23. The van der Waals surface area contributed by atoms with Gasteiger partial charge in [0.2, 0.25) is 0 Å². The van der Waals surface area contributed by atoms with Gasteiger partial charge in [-0.15, -0.1) is 0 Å². The van der Waals surface area contributed by atoms with Crippen LogP contribution in [0.25, 0.3) is 0 Å². The van der Waals surface area contributed by atoms with Crippen molar-refractivity contribution in [1.82, 2.24) is 0 Å². The Bertz CT molecular complexity index is 900. The third kappa shape index (κ3) is 2.35. The Kier molecular flexibility index (Phi) is 4.22. The summed E-state index contributed by atoms with van der Waals surface area (Å²) in [7, 11) is 0. The van der Waals surface area contributed by atoms with E-state index >= 15 is 0 Å². The molecule has 5 saturated carbocycles. The molecule has 1 saturated heterocycles. The van der Waals surface area contributed by atoms with Crippen LogP contribution in [0, 0.1) is 33.5 Å². The van der Waals surface area contributed by atoms with Gasteiger partial charge in [0.05, 0.1) is 23.6 Å². The predicted molar refractivity (Wildman–Crippen MR) is 124 cm³/mol. The molecule has 0 radical (unpaired) electrons. The molecule has 178 valence electrons. The maximum absolute atomic E-state index is 11.4. The molecule has 0 bridgehead atoms. The van der Waals surface area contributed by atoms with E-state index in [0.717, 1.165) is 49.9 Å². The van der Waals surface area contributed by atoms with E-state index in [9.17, 15) is 15.3 Å². The standard InChI is InChI=1S/C28H42O4/c1-16-7-6-10-28-15-27(28)12-11-25(4)23(19-8-9-21(32-19)24(2,3)31)18(30)14-26(25,5)20(27)13-17(29)22(16)28/h17-18,20-22,29-31H,1,6-15H2,2-5H3/b23-19+/t17-,18-,20?,21-,22+,25+,26-,27?,28+/m0/s1. The molecule has 32 heavy (non-hydrogen) atoms. The second-order valence-corrected chi connectivity index (χ2v) is 13.4. The molecular weight excluding hydrogens is 400 g/mol. The van der Waals surface area contributed by atoms with Crippen molar-refractivity contribution in [2.24, 2.45) is 33.5 Å². The Morgan fingerprint density at radius 3 is 2.50 bits per heavy atom. The van der Waals surface area contributed by atoms with Gasteiger partial charge in [-0.05, 0) is 93.8 Å². The molecule has 4 nitrogen and oxygen atoms in total. The number of ether oxygens (including phenoxy) is 1. The van der Waals surface area contributed by atoms with Crippen LogP contribution in [0.3, 0.4) is 0 Å². The summed E-state index contributed by atoms with van der Waals surface area (Å²) in [4.78, 5) is 0. The first-order valence-electron chi connectivity index (χ1n) is 13.1. The molecule has 1 heterocycles. The fraction of sp³-hybridized carbons (Fsp3) is 0.857. The third-order valence-electron chi connectivity index (χ3n) is 11.8. The van der Waals surface area contributed by atoms with Crippen molar-refractivity contribution in [2.75, 3.05) is 0 Å². The van der Waals surface area contributed by atoms with Gasteiger partial charge in [0.15, 0.2) is 0 Å². The van der Waals surface area contributed by atoms with E-state index in [4.69, 9.17) is 4.74 Å². The average Bonchev–Trinajstić information content (AvgIpc) is 2.98. The van der Waals surface area contributed by atoms with Gasteiger partial charge in [-0.2, -0.15) is 0 Å². The Hall–Kier alpha value is -0.840. The normalized spacial score (nSPS) is 56.7. The molecule has 6 aliphatic rings. The van der Waals surface area contributed by atoms with Gasteiger partial charge in [0, 0.05) is 23.3 Å². The first-order valence-corrected chi connectivity index (χ1v) is 13.1. The van der Waals surface area contributed by atoms with E-state index in [-0.39, 0.29) is 34.4 Å². The summed E-state index contributed by atoms with van der Waals surface area (Å²) in [6.07, 6.45) is 9.29. The minimum atomic E-state index is -0.876. The second-order valence-electron chi connectivity index (χ2n) is 13.4. The molecule has 0 aromatic heterocycles. The molecule has 6 rings (SSSR count). The summed E-state index contributed by atoms with van der Waals surface area (Å²) in [5.74, 6) is 1.66. The van der Waals surface area contributed by atoms with Crippen LogP contribution in [0.15, 0.2) is 23.5 Å². The highest BCUT2D eigenvalue weighted by Crippen LogP contribution is 2.88. The van der Waals surface area contributed by atoms with E-state index in [1.165, 1.54) is 31.3 Å². The van der Waals surface area contributed by atoms with E-state index in [1.807, 2.05) is 13.8 Å². The third-order valence-corrected chi connectivity index (χ3v) is 11.8. The molecule has 0 amide bonds. The van der Waals surface area contributed by atoms with Crippen LogP contribution in [0.2, 0.25) is 0 Å². The zero-order chi connectivity index (χ0) is 22.9. The highest BCUT2D eigenvalue weighted by Gasteiger charge is 2.82. The van der Waals surface area contributed by atoms with E-state index in [1.54, 1.807) is 0 Å². The van der Waals surface area contributed by atoms with Crippen molar-refractivity contribution < 1.29 is 20.1 Å². The van der Waals surface area contributed by atoms with Gasteiger partial charge < -0.3 is 20.1 Å². The van der Waals surface area contributed by atoms with Crippen LogP contribution >= 0.6 is 0 Å². The number of fused-ring (bicyclic) bond motifs is 2. The highest BCUT2D eigenvalue weighted by molar-refractivity contribution is 5.40.